The van der Waals surface area contributed by atoms with Crippen LogP contribution in [0.3, 0.4) is 0 Å². The van der Waals surface area contributed by atoms with Gasteiger partial charge >= 0.3 is 0 Å². The van der Waals surface area contributed by atoms with Gasteiger partial charge in [-0.05, 0) is 24.3 Å². The third-order valence-electron chi connectivity index (χ3n) is 4.32. The van der Waals surface area contributed by atoms with Crippen LogP contribution >= 0.6 is 11.3 Å². The molecule has 4 rings (SSSR count). The minimum Gasteiger partial charge on any atom is -0.380 e. The Balaban J connectivity index is 1.60. The van der Waals surface area contributed by atoms with Gasteiger partial charge in [0.25, 0.3) is 5.91 Å². The van der Waals surface area contributed by atoms with Crippen molar-refractivity contribution in [3.05, 3.63) is 76.9 Å². The summed E-state index contributed by atoms with van der Waals surface area (Å²) >= 11 is 1.25. The standard InChI is InChI=1S/C20H17FN4O2S/c1-27-11-14-18-15(21)8-5-9-16(18)28-19(14)20(26)22-10-17-24-23-12-25(17)13-6-3-2-4-7-13/h2-9,12H,10-11H2,1H3,(H,22,26). The molecule has 0 aliphatic heterocycles. The first kappa shape index (κ1) is 18.3. The number of nitrogens with zero attached hydrogens (tertiary/aromatic N) is 3. The zero-order valence-corrected chi connectivity index (χ0v) is 15.9. The second-order valence-electron chi connectivity index (χ2n) is 6.09. The maximum absolute atomic E-state index is 14.3. The van der Waals surface area contributed by atoms with Crippen molar-refractivity contribution in [2.45, 2.75) is 13.2 Å². The third kappa shape index (κ3) is 3.39. The van der Waals surface area contributed by atoms with E-state index >= 15 is 0 Å². The molecule has 142 valence electrons. The molecule has 0 fully saturated rings. The molecule has 0 aliphatic carbocycles. The number of hydrogen-bond donors (Lipinski definition) is 1. The van der Waals surface area contributed by atoms with E-state index in [4.69, 9.17) is 4.74 Å². The summed E-state index contributed by atoms with van der Waals surface area (Å²) < 4.78 is 22.0. The molecule has 1 amide bonds. The molecule has 0 bridgehead atoms. The fraction of sp³-hybridized carbons (Fsp3) is 0.150. The van der Waals surface area contributed by atoms with Crippen LogP contribution in [0.1, 0.15) is 21.1 Å². The first-order chi connectivity index (χ1) is 13.7. The fourth-order valence-corrected chi connectivity index (χ4v) is 4.19. The molecule has 2 aromatic carbocycles. The average molecular weight is 396 g/mol. The normalized spacial score (nSPS) is 11.1. The number of para-hydroxylation sites is 1. The Morgan fingerprint density at radius 2 is 2.04 bits per heavy atom. The van der Waals surface area contributed by atoms with Crippen LogP contribution in [0.2, 0.25) is 0 Å². The minimum absolute atomic E-state index is 0.157. The van der Waals surface area contributed by atoms with Crippen LogP contribution in [0.4, 0.5) is 4.39 Å². The van der Waals surface area contributed by atoms with Gasteiger partial charge in [0.1, 0.15) is 12.1 Å². The van der Waals surface area contributed by atoms with E-state index < -0.39 is 0 Å². The van der Waals surface area contributed by atoms with Gasteiger partial charge in [-0.25, -0.2) is 4.39 Å². The van der Waals surface area contributed by atoms with Gasteiger partial charge in [-0.2, -0.15) is 0 Å². The van der Waals surface area contributed by atoms with Crippen molar-refractivity contribution in [1.29, 1.82) is 0 Å². The van der Waals surface area contributed by atoms with E-state index in [-0.39, 0.29) is 24.9 Å². The maximum atomic E-state index is 14.3. The number of rotatable bonds is 6. The number of aromatic nitrogens is 3. The Morgan fingerprint density at radius 1 is 1.21 bits per heavy atom. The van der Waals surface area contributed by atoms with Crippen LogP contribution in [0.25, 0.3) is 15.8 Å². The first-order valence-electron chi connectivity index (χ1n) is 8.60. The molecule has 0 radical (unpaired) electrons. The molecule has 0 aliphatic rings. The van der Waals surface area contributed by atoms with Crippen LogP contribution in [0.5, 0.6) is 0 Å². The zero-order valence-electron chi connectivity index (χ0n) is 15.1. The van der Waals surface area contributed by atoms with Crippen molar-refractivity contribution in [1.82, 2.24) is 20.1 Å². The lowest BCUT2D eigenvalue weighted by molar-refractivity contribution is 0.0949. The predicted molar refractivity (Wildman–Crippen MR) is 105 cm³/mol. The van der Waals surface area contributed by atoms with E-state index in [0.717, 1.165) is 5.69 Å². The van der Waals surface area contributed by atoms with Crippen molar-refractivity contribution in [3.8, 4) is 5.69 Å². The van der Waals surface area contributed by atoms with Gasteiger partial charge in [0.2, 0.25) is 0 Å². The van der Waals surface area contributed by atoms with Crippen LogP contribution in [0, 0.1) is 5.82 Å². The van der Waals surface area contributed by atoms with Crippen molar-refractivity contribution < 1.29 is 13.9 Å². The van der Waals surface area contributed by atoms with E-state index in [1.165, 1.54) is 24.5 Å². The topological polar surface area (TPSA) is 69.0 Å². The quantitative estimate of drug-likeness (QED) is 0.540. The van der Waals surface area contributed by atoms with Gasteiger partial charge in [-0.3, -0.25) is 9.36 Å². The van der Waals surface area contributed by atoms with Crippen molar-refractivity contribution >= 4 is 27.3 Å². The second kappa shape index (κ2) is 7.87. The van der Waals surface area contributed by atoms with Gasteiger partial charge in [0.15, 0.2) is 5.82 Å². The Bertz CT molecular complexity index is 1120. The first-order valence-corrected chi connectivity index (χ1v) is 9.42. The zero-order chi connectivity index (χ0) is 19.5. The van der Waals surface area contributed by atoms with E-state index in [1.807, 2.05) is 30.3 Å². The molecule has 4 aromatic rings. The lowest BCUT2D eigenvalue weighted by atomic mass is 10.1. The number of halogens is 1. The molecule has 0 unspecified atom stereocenters. The van der Waals surface area contributed by atoms with E-state index in [1.54, 1.807) is 23.0 Å². The van der Waals surface area contributed by atoms with Gasteiger partial charge in [0, 0.05) is 28.4 Å². The number of amides is 1. The smallest absolute Gasteiger partial charge is 0.262 e. The highest BCUT2D eigenvalue weighted by Gasteiger charge is 2.21. The molecule has 0 saturated heterocycles. The highest BCUT2D eigenvalue weighted by molar-refractivity contribution is 7.21. The Hall–Kier alpha value is -3.10. The van der Waals surface area contributed by atoms with Crippen molar-refractivity contribution in [2.24, 2.45) is 0 Å². The summed E-state index contributed by atoms with van der Waals surface area (Å²) in [6, 6.07) is 14.4. The number of fused-ring (bicyclic) bond motifs is 1. The summed E-state index contributed by atoms with van der Waals surface area (Å²) in [7, 11) is 1.52. The predicted octanol–water partition coefficient (Wildman–Crippen LogP) is 3.70. The van der Waals surface area contributed by atoms with Gasteiger partial charge < -0.3 is 10.1 Å². The molecule has 1 N–H and O–H groups in total. The summed E-state index contributed by atoms with van der Waals surface area (Å²) in [5.41, 5.74) is 1.46. The lowest BCUT2D eigenvalue weighted by Gasteiger charge is -2.08. The minimum atomic E-state index is -0.358. The van der Waals surface area contributed by atoms with E-state index in [2.05, 4.69) is 15.5 Å². The Kier molecular flexibility index (Phi) is 5.14. The molecule has 8 heteroatoms. The molecule has 0 saturated carbocycles. The largest absolute Gasteiger partial charge is 0.380 e. The average Bonchev–Trinajstić information content (AvgIpc) is 3.33. The second-order valence-corrected chi connectivity index (χ2v) is 7.14. The fourth-order valence-electron chi connectivity index (χ4n) is 3.06. The molecule has 0 spiro atoms. The lowest BCUT2D eigenvalue weighted by Crippen LogP contribution is -2.24. The van der Waals surface area contributed by atoms with Crippen molar-refractivity contribution in [2.75, 3.05) is 7.11 Å². The number of carbonyl (C=O) groups excluding carboxylic acids is 1. The number of benzene rings is 2. The summed E-state index contributed by atoms with van der Waals surface area (Å²) in [6.07, 6.45) is 1.60. The van der Waals surface area contributed by atoms with E-state index in [0.29, 0.717) is 26.4 Å². The Labute approximate surface area is 164 Å². The van der Waals surface area contributed by atoms with Crippen LogP contribution in [0.15, 0.2) is 54.9 Å². The maximum Gasteiger partial charge on any atom is 0.262 e. The summed E-state index contributed by atoms with van der Waals surface area (Å²) in [5.74, 6) is -0.0564. The van der Waals surface area contributed by atoms with Crippen LogP contribution in [-0.2, 0) is 17.9 Å². The molecule has 6 nitrogen and oxygen atoms in total. The molecular formula is C20H17FN4O2S. The van der Waals surface area contributed by atoms with Gasteiger partial charge in [0.05, 0.1) is 18.0 Å². The number of carbonyl (C=O) groups is 1. The van der Waals surface area contributed by atoms with Gasteiger partial charge in [-0.15, -0.1) is 21.5 Å². The number of methoxy groups -OCH3 is 1. The number of ether oxygens (including phenoxy) is 1. The SMILES string of the molecule is COCc1c(C(=O)NCc2nncn2-c2ccccc2)sc2cccc(F)c12. The number of thiophene rings is 1. The van der Waals surface area contributed by atoms with Crippen LogP contribution < -0.4 is 5.32 Å². The Morgan fingerprint density at radius 3 is 2.82 bits per heavy atom. The summed E-state index contributed by atoms with van der Waals surface area (Å²) in [6.45, 7) is 0.348. The number of nitrogens with one attached hydrogen (secondary N) is 1. The van der Waals surface area contributed by atoms with E-state index in [9.17, 15) is 9.18 Å². The molecule has 2 heterocycles. The monoisotopic (exact) mass is 396 g/mol. The van der Waals surface area contributed by atoms with Gasteiger partial charge in [-0.1, -0.05) is 24.3 Å². The summed E-state index contributed by atoms with van der Waals surface area (Å²) in [5, 5.41) is 11.3. The third-order valence-corrected chi connectivity index (χ3v) is 5.51. The van der Waals surface area contributed by atoms with Crippen molar-refractivity contribution in [3.63, 3.8) is 0 Å². The van der Waals surface area contributed by atoms with Crippen LogP contribution in [-0.4, -0.2) is 27.8 Å². The molecule has 2 aromatic heterocycles. The molecule has 28 heavy (non-hydrogen) atoms. The molecular weight excluding hydrogens is 379 g/mol. The molecule has 0 atom stereocenters. The summed E-state index contributed by atoms with van der Waals surface area (Å²) in [4.78, 5) is 13.3. The highest BCUT2D eigenvalue weighted by Crippen LogP contribution is 2.33. The number of hydrogen-bond acceptors (Lipinski definition) is 5. The highest BCUT2D eigenvalue weighted by atomic mass is 32.1.